The first-order chi connectivity index (χ1) is 12.3. The van der Waals surface area contributed by atoms with Crippen LogP contribution in [0.1, 0.15) is 33.6 Å². The smallest absolute Gasteiger partial charge is 0.251 e. The maximum atomic E-state index is 11.6. The van der Waals surface area contributed by atoms with Gasteiger partial charge in [-0.05, 0) is 49.2 Å². The molecule has 0 heterocycles. The van der Waals surface area contributed by atoms with Crippen LogP contribution >= 0.6 is 0 Å². The van der Waals surface area contributed by atoms with E-state index in [2.05, 4.69) is 5.32 Å². The van der Waals surface area contributed by atoms with Gasteiger partial charge in [-0.25, -0.2) is 13.6 Å². The molecule has 8 heteroatoms. The van der Waals surface area contributed by atoms with E-state index in [1.807, 2.05) is 6.07 Å². The number of carbonyl (C=O) groups excluding carboxylic acids is 2. The van der Waals surface area contributed by atoms with Crippen molar-refractivity contribution in [1.29, 1.82) is 0 Å². The summed E-state index contributed by atoms with van der Waals surface area (Å²) in [6, 6.07) is 12.9. The minimum Gasteiger partial charge on any atom is -0.496 e. The lowest BCUT2D eigenvalue weighted by Crippen LogP contribution is -2.25. The van der Waals surface area contributed by atoms with Crippen LogP contribution in [0.3, 0.4) is 0 Å². The summed E-state index contributed by atoms with van der Waals surface area (Å²) in [5.74, 6) is 0.445. The van der Waals surface area contributed by atoms with Crippen molar-refractivity contribution in [1.82, 2.24) is 5.32 Å². The van der Waals surface area contributed by atoms with Gasteiger partial charge in [-0.1, -0.05) is 12.1 Å². The van der Waals surface area contributed by atoms with Gasteiger partial charge in [0.05, 0.1) is 17.6 Å². The minimum atomic E-state index is -3.69. The Hall–Kier alpha value is -2.71. The van der Waals surface area contributed by atoms with Crippen LogP contribution in [0.2, 0.25) is 0 Å². The van der Waals surface area contributed by atoms with Gasteiger partial charge < -0.3 is 10.1 Å². The monoisotopic (exact) mass is 376 g/mol. The maximum Gasteiger partial charge on any atom is 0.251 e. The molecule has 1 fully saturated rings. The Bertz CT molecular complexity index is 875. The second-order valence-corrected chi connectivity index (χ2v) is 7.24. The number of ether oxygens (including phenoxy) is 1. The van der Waals surface area contributed by atoms with E-state index in [0.29, 0.717) is 16.9 Å². The second kappa shape index (κ2) is 8.59. The first kappa shape index (κ1) is 19.6. The standard InChI is InChI=1S/C10H12N2O3S.C8H8O2/c11-16(14,15)9-5-1-7(2-6-9)10(13)12-8-3-4-8;1-10-8-5-3-2-4-7(8)6-9/h1-2,5-6,8H,3-4H2,(H,12,13)(H2,11,14,15);2-6H,1H3. The van der Waals surface area contributed by atoms with E-state index < -0.39 is 10.0 Å². The average molecular weight is 376 g/mol. The molecule has 1 aliphatic carbocycles. The van der Waals surface area contributed by atoms with Crippen LogP contribution in [-0.4, -0.2) is 33.8 Å². The predicted octanol–water partition coefficient (Wildman–Crippen LogP) is 1.73. The van der Waals surface area contributed by atoms with Crippen LogP contribution in [-0.2, 0) is 10.0 Å². The predicted molar refractivity (Wildman–Crippen MR) is 96.7 cm³/mol. The molecule has 0 unspecified atom stereocenters. The molecule has 0 radical (unpaired) electrons. The molecule has 1 amide bonds. The van der Waals surface area contributed by atoms with Crippen LogP contribution in [0.5, 0.6) is 5.75 Å². The first-order valence-corrected chi connectivity index (χ1v) is 9.41. The molecular formula is C18H20N2O5S. The van der Waals surface area contributed by atoms with E-state index in [0.717, 1.165) is 19.1 Å². The fourth-order valence-corrected chi connectivity index (χ4v) is 2.57. The van der Waals surface area contributed by atoms with Gasteiger partial charge in [0.1, 0.15) is 5.75 Å². The third-order valence-electron chi connectivity index (χ3n) is 3.62. The van der Waals surface area contributed by atoms with E-state index in [9.17, 15) is 18.0 Å². The number of hydrogen-bond donors (Lipinski definition) is 2. The van der Waals surface area contributed by atoms with E-state index >= 15 is 0 Å². The first-order valence-electron chi connectivity index (χ1n) is 7.87. The molecule has 0 bridgehead atoms. The molecule has 0 atom stereocenters. The fraction of sp³-hybridized carbons (Fsp3) is 0.222. The van der Waals surface area contributed by atoms with Crippen LogP contribution in [0, 0.1) is 0 Å². The fourth-order valence-electron chi connectivity index (χ4n) is 2.06. The largest absolute Gasteiger partial charge is 0.496 e. The lowest BCUT2D eigenvalue weighted by molar-refractivity contribution is 0.0950. The lowest BCUT2D eigenvalue weighted by atomic mass is 10.2. The topological polar surface area (TPSA) is 116 Å². The van der Waals surface area contributed by atoms with Crippen molar-refractivity contribution >= 4 is 22.2 Å². The number of nitrogens with two attached hydrogens (primary N) is 1. The maximum absolute atomic E-state index is 11.6. The third kappa shape index (κ3) is 5.68. The summed E-state index contributed by atoms with van der Waals surface area (Å²) in [4.78, 5) is 21.9. The molecule has 3 N–H and O–H groups in total. The number of primary sulfonamides is 1. The van der Waals surface area contributed by atoms with E-state index in [-0.39, 0.29) is 16.8 Å². The molecule has 7 nitrogen and oxygen atoms in total. The number of rotatable bonds is 5. The number of para-hydroxylation sites is 1. The summed E-state index contributed by atoms with van der Waals surface area (Å²) in [5.41, 5.74) is 1.03. The van der Waals surface area contributed by atoms with Crippen LogP contribution in [0.15, 0.2) is 53.4 Å². The Morgan fingerprint density at radius 1 is 1.15 bits per heavy atom. The minimum absolute atomic E-state index is 0.00970. The van der Waals surface area contributed by atoms with E-state index in [4.69, 9.17) is 9.88 Å². The zero-order valence-electron chi connectivity index (χ0n) is 14.2. The number of methoxy groups -OCH3 is 1. The second-order valence-electron chi connectivity index (χ2n) is 5.68. The van der Waals surface area contributed by atoms with Crippen molar-refractivity contribution in [3.05, 3.63) is 59.7 Å². The van der Waals surface area contributed by atoms with Crippen molar-refractivity contribution in [2.45, 2.75) is 23.8 Å². The molecule has 1 aliphatic rings. The van der Waals surface area contributed by atoms with Gasteiger partial charge in [0.25, 0.3) is 5.91 Å². The molecule has 0 aromatic heterocycles. The number of sulfonamides is 1. The van der Waals surface area contributed by atoms with Gasteiger partial charge in [-0.15, -0.1) is 0 Å². The summed E-state index contributed by atoms with van der Waals surface area (Å²) >= 11 is 0. The summed E-state index contributed by atoms with van der Waals surface area (Å²) in [7, 11) is -2.14. The number of carbonyl (C=O) groups is 2. The molecule has 2 aromatic carbocycles. The van der Waals surface area contributed by atoms with Crippen molar-refractivity contribution in [2.75, 3.05) is 7.11 Å². The molecule has 1 saturated carbocycles. The Kier molecular flexibility index (Phi) is 6.48. The van der Waals surface area contributed by atoms with E-state index in [1.165, 1.54) is 24.3 Å². The Morgan fingerprint density at radius 3 is 2.23 bits per heavy atom. The molecular weight excluding hydrogens is 356 g/mol. The van der Waals surface area contributed by atoms with Crippen LogP contribution in [0.25, 0.3) is 0 Å². The molecule has 26 heavy (non-hydrogen) atoms. The number of nitrogens with one attached hydrogen (secondary N) is 1. The van der Waals surface area contributed by atoms with Gasteiger partial charge in [-0.3, -0.25) is 9.59 Å². The number of aldehydes is 1. The van der Waals surface area contributed by atoms with Crippen LogP contribution in [0.4, 0.5) is 0 Å². The molecule has 0 aliphatic heterocycles. The van der Waals surface area contributed by atoms with Gasteiger partial charge in [0.2, 0.25) is 10.0 Å². The highest BCUT2D eigenvalue weighted by Gasteiger charge is 2.23. The summed E-state index contributed by atoms with van der Waals surface area (Å²) in [6.45, 7) is 0. The zero-order chi connectivity index (χ0) is 19.2. The van der Waals surface area contributed by atoms with Gasteiger partial charge >= 0.3 is 0 Å². The molecule has 2 aromatic rings. The van der Waals surface area contributed by atoms with E-state index in [1.54, 1.807) is 25.3 Å². The molecule has 0 spiro atoms. The Morgan fingerprint density at radius 2 is 1.77 bits per heavy atom. The van der Waals surface area contributed by atoms with Crippen molar-refractivity contribution in [3.8, 4) is 5.75 Å². The number of hydrogen-bond acceptors (Lipinski definition) is 5. The average Bonchev–Trinajstić information content (AvgIpc) is 3.45. The molecule has 0 saturated heterocycles. The van der Waals surface area contributed by atoms with Crippen LogP contribution < -0.4 is 15.2 Å². The highest BCUT2D eigenvalue weighted by molar-refractivity contribution is 7.89. The Labute approximate surface area is 152 Å². The summed E-state index contributed by atoms with van der Waals surface area (Å²) in [6.07, 6.45) is 2.81. The highest BCUT2D eigenvalue weighted by atomic mass is 32.2. The van der Waals surface area contributed by atoms with Crippen molar-refractivity contribution in [2.24, 2.45) is 5.14 Å². The SMILES string of the molecule is COc1ccccc1C=O.NS(=O)(=O)c1ccc(C(=O)NC2CC2)cc1. The third-order valence-corrected chi connectivity index (χ3v) is 4.55. The Balaban J connectivity index is 0.000000209. The quantitative estimate of drug-likeness (QED) is 0.771. The highest BCUT2D eigenvalue weighted by Crippen LogP contribution is 2.19. The van der Waals surface area contributed by atoms with Gasteiger partial charge in [0.15, 0.2) is 6.29 Å². The van der Waals surface area contributed by atoms with Gasteiger partial charge in [-0.2, -0.15) is 0 Å². The normalized spacial score (nSPS) is 13.2. The summed E-state index contributed by atoms with van der Waals surface area (Å²) in [5, 5.41) is 7.75. The van der Waals surface area contributed by atoms with Crippen molar-refractivity contribution < 1.29 is 22.7 Å². The number of amides is 1. The zero-order valence-corrected chi connectivity index (χ0v) is 15.0. The number of benzene rings is 2. The molecule has 3 rings (SSSR count). The van der Waals surface area contributed by atoms with Crippen molar-refractivity contribution in [3.63, 3.8) is 0 Å². The summed E-state index contributed by atoms with van der Waals surface area (Å²) < 4.78 is 26.9. The molecule has 138 valence electrons. The lowest BCUT2D eigenvalue weighted by Gasteiger charge is -2.03. The van der Waals surface area contributed by atoms with Gasteiger partial charge in [0, 0.05) is 11.6 Å².